The van der Waals surface area contributed by atoms with E-state index >= 15 is 0 Å². The van der Waals surface area contributed by atoms with Crippen LogP contribution < -0.4 is 5.73 Å². The van der Waals surface area contributed by atoms with Gasteiger partial charge in [-0.2, -0.15) is 0 Å². The Hall–Kier alpha value is -1.47. The number of nitrogens with zero attached hydrogens (tertiary/aromatic N) is 5. The summed E-state index contributed by atoms with van der Waals surface area (Å²) in [6.07, 6.45) is 3.80. The molecule has 1 aromatic carbocycles. The minimum absolute atomic E-state index is 0.357. The second-order valence-electron chi connectivity index (χ2n) is 5.89. The zero-order valence-electron chi connectivity index (χ0n) is 11.6. The molecule has 7 heteroatoms. The average Bonchev–Trinajstić information content (AvgIpc) is 3.00. The van der Waals surface area contributed by atoms with Crippen molar-refractivity contribution in [2.24, 2.45) is 0 Å². The molecule has 0 bridgehead atoms. The maximum Gasteiger partial charge on any atom is 0.182 e. The zero-order chi connectivity index (χ0) is 14.4. The van der Waals surface area contributed by atoms with Crippen LogP contribution in [0.25, 0.3) is 11.4 Å². The van der Waals surface area contributed by atoms with Gasteiger partial charge in [0.05, 0.1) is 6.04 Å². The Balaban J connectivity index is 1.64. The summed E-state index contributed by atoms with van der Waals surface area (Å²) in [4.78, 5) is 2.56. The fourth-order valence-corrected chi connectivity index (χ4v) is 3.62. The third kappa shape index (κ3) is 2.55. The van der Waals surface area contributed by atoms with Crippen LogP contribution in [0.15, 0.2) is 22.7 Å². The topological polar surface area (TPSA) is 72.9 Å². The smallest absolute Gasteiger partial charge is 0.182 e. The lowest BCUT2D eigenvalue weighted by atomic mass is 10.1. The lowest BCUT2D eigenvalue weighted by molar-refractivity contribution is 0.309. The monoisotopic (exact) mass is 348 g/mol. The molecule has 1 aliphatic heterocycles. The molecular formula is C14H17BrN6. The van der Waals surface area contributed by atoms with Crippen molar-refractivity contribution in [3.8, 4) is 11.4 Å². The van der Waals surface area contributed by atoms with E-state index in [4.69, 9.17) is 5.73 Å². The minimum Gasteiger partial charge on any atom is -0.399 e. The van der Waals surface area contributed by atoms with Gasteiger partial charge in [-0.15, -0.1) is 5.10 Å². The molecule has 0 radical (unpaired) electrons. The van der Waals surface area contributed by atoms with Crippen LogP contribution in [-0.2, 0) is 0 Å². The van der Waals surface area contributed by atoms with E-state index < -0.39 is 0 Å². The van der Waals surface area contributed by atoms with Crippen LogP contribution in [0.5, 0.6) is 0 Å². The number of nitrogen functional groups attached to an aromatic ring is 1. The lowest BCUT2D eigenvalue weighted by Gasteiger charge is -2.15. The van der Waals surface area contributed by atoms with Crippen molar-refractivity contribution in [2.45, 2.75) is 31.3 Å². The Labute approximate surface area is 131 Å². The number of hydrogen-bond donors (Lipinski definition) is 1. The Morgan fingerprint density at radius 1 is 1.14 bits per heavy atom. The third-order valence-electron chi connectivity index (χ3n) is 4.28. The number of rotatable bonds is 3. The van der Waals surface area contributed by atoms with Gasteiger partial charge in [-0.25, -0.2) is 4.68 Å². The molecule has 2 aromatic rings. The Morgan fingerprint density at radius 2 is 2.00 bits per heavy atom. The van der Waals surface area contributed by atoms with Crippen molar-refractivity contribution in [1.29, 1.82) is 0 Å². The van der Waals surface area contributed by atoms with E-state index in [9.17, 15) is 0 Å². The number of hydrogen-bond acceptors (Lipinski definition) is 5. The van der Waals surface area contributed by atoms with E-state index in [2.05, 4.69) is 36.4 Å². The first-order valence-electron chi connectivity index (χ1n) is 7.29. The molecule has 2 N–H and O–H groups in total. The fraction of sp³-hybridized carbons (Fsp3) is 0.500. The number of halogens is 1. The number of tetrazole rings is 1. The predicted molar refractivity (Wildman–Crippen MR) is 83.6 cm³/mol. The molecule has 6 nitrogen and oxygen atoms in total. The van der Waals surface area contributed by atoms with Crippen molar-refractivity contribution in [3.05, 3.63) is 22.7 Å². The summed E-state index contributed by atoms with van der Waals surface area (Å²) >= 11 is 3.48. The first kappa shape index (κ1) is 13.2. The Morgan fingerprint density at radius 3 is 2.76 bits per heavy atom. The number of likely N-dealkylation sites (tertiary alicyclic amines) is 1. The molecule has 4 rings (SSSR count). The number of benzene rings is 1. The van der Waals surface area contributed by atoms with Gasteiger partial charge in [-0.3, -0.25) is 4.90 Å². The summed E-state index contributed by atoms with van der Waals surface area (Å²) in [5.41, 5.74) is 7.59. The van der Waals surface area contributed by atoms with Crippen LogP contribution in [0.4, 0.5) is 5.69 Å². The summed E-state index contributed by atoms with van der Waals surface area (Å²) in [6, 6.07) is 6.96. The van der Waals surface area contributed by atoms with E-state index in [0.29, 0.717) is 11.7 Å². The van der Waals surface area contributed by atoms with E-state index in [-0.39, 0.29) is 0 Å². The molecule has 1 saturated carbocycles. The highest BCUT2D eigenvalue weighted by atomic mass is 79.9. The van der Waals surface area contributed by atoms with Gasteiger partial charge in [0.25, 0.3) is 0 Å². The van der Waals surface area contributed by atoms with Crippen molar-refractivity contribution < 1.29 is 0 Å². The quantitative estimate of drug-likeness (QED) is 0.859. The van der Waals surface area contributed by atoms with Gasteiger partial charge >= 0.3 is 0 Å². The standard InChI is InChI=1S/C14H17BrN6/c15-10-5-9(6-11(16)7-10)14-17-18-19-21(14)13-3-4-20(8-13)12-1-2-12/h5-7,12-13H,1-4,8,16H2. The number of aromatic nitrogens is 4. The van der Waals surface area contributed by atoms with Gasteiger partial charge < -0.3 is 5.73 Å². The Kier molecular flexibility index (Phi) is 3.19. The van der Waals surface area contributed by atoms with Crippen molar-refractivity contribution in [2.75, 3.05) is 18.8 Å². The summed E-state index contributed by atoms with van der Waals surface area (Å²) in [7, 11) is 0. The summed E-state index contributed by atoms with van der Waals surface area (Å²) in [5, 5.41) is 12.3. The van der Waals surface area contributed by atoms with E-state index in [1.807, 2.05) is 22.9 Å². The molecule has 1 unspecified atom stereocenters. The normalized spacial score (nSPS) is 22.8. The zero-order valence-corrected chi connectivity index (χ0v) is 13.2. The largest absolute Gasteiger partial charge is 0.399 e. The second-order valence-corrected chi connectivity index (χ2v) is 6.80. The fourth-order valence-electron chi connectivity index (χ4n) is 3.11. The minimum atomic E-state index is 0.357. The molecule has 1 aromatic heterocycles. The maximum atomic E-state index is 5.92. The number of anilines is 1. The number of nitrogens with two attached hydrogens (primary N) is 1. The van der Waals surface area contributed by atoms with Crippen molar-refractivity contribution in [1.82, 2.24) is 25.1 Å². The highest BCUT2D eigenvalue weighted by Crippen LogP contribution is 2.34. The first-order valence-corrected chi connectivity index (χ1v) is 8.08. The van der Waals surface area contributed by atoms with Crippen LogP contribution in [-0.4, -0.2) is 44.2 Å². The average molecular weight is 349 g/mol. The van der Waals surface area contributed by atoms with Crippen molar-refractivity contribution in [3.63, 3.8) is 0 Å². The van der Waals surface area contributed by atoms with Crippen LogP contribution in [0, 0.1) is 0 Å². The Bertz CT molecular complexity index is 645. The molecule has 2 fully saturated rings. The molecule has 2 heterocycles. The summed E-state index contributed by atoms with van der Waals surface area (Å²) in [5.74, 6) is 0.797. The van der Waals surface area contributed by atoms with Gasteiger partial charge in [0, 0.05) is 34.9 Å². The second kappa shape index (κ2) is 5.06. The van der Waals surface area contributed by atoms with Crippen LogP contribution in [0.2, 0.25) is 0 Å². The molecule has 21 heavy (non-hydrogen) atoms. The molecule has 1 saturated heterocycles. The third-order valence-corrected chi connectivity index (χ3v) is 4.73. The maximum absolute atomic E-state index is 5.92. The lowest BCUT2D eigenvalue weighted by Crippen LogP contribution is -2.24. The van der Waals surface area contributed by atoms with Gasteiger partial charge in [-0.1, -0.05) is 15.9 Å². The van der Waals surface area contributed by atoms with Gasteiger partial charge in [-0.05, 0) is 47.9 Å². The molecular weight excluding hydrogens is 332 g/mol. The molecule has 0 spiro atoms. The van der Waals surface area contributed by atoms with E-state index in [1.165, 1.54) is 12.8 Å². The summed E-state index contributed by atoms with van der Waals surface area (Å²) < 4.78 is 2.90. The van der Waals surface area contributed by atoms with E-state index in [1.54, 1.807) is 0 Å². The van der Waals surface area contributed by atoms with Crippen LogP contribution >= 0.6 is 15.9 Å². The molecule has 110 valence electrons. The molecule has 1 atom stereocenters. The van der Waals surface area contributed by atoms with Gasteiger partial charge in [0.15, 0.2) is 5.82 Å². The summed E-state index contributed by atoms with van der Waals surface area (Å²) in [6.45, 7) is 2.20. The van der Waals surface area contributed by atoms with Gasteiger partial charge in [0.1, 0.15) is 0 Å². The SMILES string of the molecule is Nc1cc(Br)cc(-c2nnnn2C2CCN(C3CC3)C2)c1. The molecule has 0 amide bonds. The van der Waals surface area contributed by atoms with Gasteiger partial charge in [0.2, 0.25) is 0 Å². The van der Waals surface area contributed by atoms with Crippen molar-refractivity contribution >= 4 is 21.6 Å². The van der Waals surface area contributed by atoms with E-state index in [0.717, 1.165) is 41.4 Å². The predicted octanol–water partition coefficient (Wildman–Crippen LogP) is 2.09. The first-order chi connectivity index (χ1) is 10.2. The molecule has 1 aliphatic carbocycles. The van der Waals surface area contributed by atoms with Crippen LogP contribution in [0.3, 0.4) is 0 Å². The highest BCUT2D eigenvalue weighted by Gasteiger charge is 2.36. The van der Waals surface area contributed by atoms with Crippen LogP contribution in [0.1, 0.15) is 25.3 Å². The molecule has 2 aliphatic rings. The highest BCUT2D eigenvalue weighted by molar-refractivity contribution is 9.10.